The summed E-state index contributed by atoms with van der Waals surface area (Å²) in [5.41, 5.74) is 4.75. The molecule has 2 aromatic heterocycles. The summed E-state index contributed by atoms with van der Waals surface area (Å²) in [6.07, 6.45) is 9.72. The molecule has 0 unspecified atom stereocenters. The number of aryl methyl sites for hydroxylation is 2. The van der Waals surface area contributed by atoms with Crippen LogP contribution in [0.2, 0.25) is 0 Å². The summed E-state index contributed by atoms with van der Waals surface area (Å²) in [5.74, 6) is 1.77. The molecule has 1 fully saturated rings. The minimum atomic E-state index is -1.72. The molecule has 0 aliphatic heterocycles. The second kappa shape index (κ2) is 13.2. The number of benzene rings is 1. The predicted octanol–water partition coefficient (Wildman–Crippen LogP) is 8.42. The molecule has 0 atom stereocenters. The molecule has 2 heterocycles. The van der Waals surface area contributed by atoms with E-state index in [4.69, 9.17) is 35.1 Å². The van der Waals surface area contributed by atoms with Crippen molar-refractivity contribution in [1.29, 1.82) is 0 Å². The first-order valence-electron chi connectivity index (χ1n) is 11.2. The van der Waals surface area contributed by atoms with Gasteiger partial charge in [-0.3, -0.25) is 0 Å². The zero-order valence-corrected chi connectivity index (χ0v) is 22.8. The highest BCUT2D eigenvalue weighted by Crippen LogP contribution is 2.38. The zero-order chi connectivity index (χ0) is 22.9. The van der Waals surface area contributed by atoms with Crippen molar-refractivity contribution in [1.82, 2.24) is 9.97 Å². The molecule has 0 amide bonds. The molecule has 32 heavy (non-hydrogen) atoms. The van der Waals surface area contributed by atoms with Gasteiger partial charge < -0.3 is 5.32 Å². The quantitative estimate of drug-likeness (QED) is 0.329. The van der Waals surface area contributed by atoms with Crippen LogP contribution in [0.3, 0.4) is 0 Å². The second-order valence-electron chi connectivity index (χ2n) is 8.07. The Balaban J connectivity index is 0.000000668. The molecule has 170 valence electrons. The van der Waals surface area contributed by atoms with Crippen molar-refractivity contribution in [3.63, 3.8) is 0 Å². The molecule has 1 saturated carbocycles. The third-order valence-electron chi connectivity index (χ3n) is 5.58. The Morgan fingerprint density at radius 3 is 2.50 bits per heavy atom. The molecular formula is C24H29AlCl3N3S. The van der Waals surface area contributed by atoms with Crippen molar-refractivity contribution in [3.05, 3.63) is 53.2 Å². The smallest absolute Gasteiger partial charge is 0.370 e. The van der Waals surface area contributed by atoms with Crippen molar-refractivity contribution >= 4 is 58.7 Å². The Morgan fingerprint density at radius 2 is 1.81 bits per heavy atom. The van der Waals surface area contributed by atoms with E-state index in [0.29, 0.717) is 0 Å². The number of pyridine rings is 1. The van der Waals surface area contributed by atoms with E-state index in [2.05, 4.69) is 60.5 Å². The lowest BCUT2D eigenvalue weighted by molar-refractivity contribution is 0.373. The van der Waals surface area contributed by atoms with Gasteiger partial charge in [-0.2, -0.15) is 0 Å². The van der Waals surface area contributed by atoms with Gasteiger partial charge in [0.15, 0.2) is 0 Å². The number of hydrogen-bond acceptors (Lipinski definition) is 4. The van der Waals surface area contributed by atoms with E-state index in [0.717, 1.165) is 30.4 Å². The van der Waals surface area contributed by atoms with Crippen LogP contribution in [0.15, 0.2) is 42.6 Å². The monoisotopic (exact) mass is 523 g/mol. The Kier molecular flexibility index (Phi) is 10.6. The van der Waals surface area contributed by atoms with Gasteiger partial charge in [-0.15, -0.1) is 11.3 Å². The van der Waals surface area contributed by atoms with Gasteiger partial charge in [0.05, 0.1) is 15.6 Å². The maximum absolute atomic E-state index is 4.94. The SMILES string of the molecule is CCc1nc(-c2cccc(C)c2)c(-c2ccnc(NCC3CCCCC3)c2)s1.[Cl][Al]([Cl])[Cl]. The molecule has 1 aliphatic carbocycles. The van der Waals surface area contributed by atoms with Gasteiger partial charge in [-0.1, -0.05) is 49.9 Å². The summed E-state index contributed by atoms with van der Waals surface area (Å²) >= 11 is 0.0793. The molecule has 0 radical (unpaired) electrons. The molecule has 3 aromatic rings. The number of nitrogens with zero attached hydrogens (tertiary/aromatic N) is 2. The minimum absolute atomic E-state index is 0.789. The Labute approximate surface area is 212 Å². The van der Waals surface area contributed by atoms with Gasteiger partial charge >= 0.3 is 11.4 Å². The van der Waals surface area contributed by atoms with Crippen LogP contribution in [-0.2, 0) is 6.42 Å². The van der Waals surface area contributed by atoms with Gasteiger partial charge in [0, 0.05) is 18.3 Å². The van der Waals surface area contributed by atoms with Gasteiger partial charge in [-0.05, 0) is 55.9 Å². The summed E-state index contributed by atoms with van der Waals surface area (Å²) in [6.45, 7) is 5.34. The van der Waals surface area contributed by atoms with Crippen LogP contribution in [0.4, 0.5) is 5.82 Å². The van der Waals surface area contributed by atoms with Crippen LogP contribution < -0.4 is 5.32 Å². The zero-order valence-electron chi connectivity index (χ0n) is 18.6. The van der Waals surface area contributed by atoms with E-state index in [1.807, 2.05) is 6.20 Å². The molecule has 3 nitrogen and oxygen atoms in total. The van der Waals surface area contributed by atoms with Crippen LogP contribution in [0, 0.1) is 12.8 Å². The fourth-order valence-electron chi connectivity index (χ4n) is 4.01. The van der Waals surface area contributed by atoms with Crippen molar-refractivity contribution in [2.24, 2.45) is 5.92 Å². The number of hydrogen-bond donors (Lipinski definition) is 1. The first-order valence-corrected chi connectivity index (χ1v) is 17.2. The highest BCUT2D eigenvalue weighted by atomic mass is 35.8. The summed E-state index contributed by atoms with van der Waals surface area (Å²) < 4.78 is 0. The molecule has 0 bridgehead atoms. The lowest BCUT2D eigenvalue weighted by Crippen LogP contribution is -2.17. The van der Waals surface area contributed by atoms with Crippen LogP contribution in [-0.4, -0.2) is 27.9 Å². The summed E-state index contributed by atoms with van der Waals surface area (Å²) in [5, 5.41) is 4.77. The fourth-order valence-corrected chi connectivity index (χ4v) is 5.03. The maximum Gasteiger partial charge on any atom is 0.643 e. The molecule has 0 spiro atoms. The highest BCUT2D eigenvalue weighted by molar-refractivity contribution is 7.54. The third kappa shape index (κ3) is 7.91. The number of anilines is 1. The van der Waals surface area contributed by atoms with Crippen LogP contribution >= 0.6 is 41.5 Å². The molecule has 1 N–H and O–H groups in total. The first kappa shape index (κ1) is 25.8. The van der Waals surface area contributed by atoms with Crippen LogP contribution in [0.1, 0.15) is 49.6 Å². The largest absolute Gasteiger partial charge is 0.643 e. The molecule has 1 aliphatic rings. The van der Waals surface area contributed by atoms with E-state index < -0.39 is 11.4 Å². The normalized spacial score (nSPS) is 13.9. The molecular weight excluding hydrogens is 496 g/mol. The van der Waals surface area contributed by atoms with Gasteiger partial charge in [-0.25, -0.2) is 40.1 Å². The molecule has 8 heteroatoms. The summed E-state index contributed by atoms with van der Waals surface area (Å²) in [4.78, 5) is 10.8. The van der Waals surface area contributed by atoms with E-state index in [1.165, 1.54) is 58.7 Å². The summed E-state index contributed by atoms with van der Waals surface area (Å²) in [7, 11) is 14.8. The fraction of sp³-hybridized carbons (Fsp3) is 0.417. The number of thiazole rings is 1. The standard InChI is InChI=1S/C24H29N3S.Al.3ClH/c1-3-22-27-23(19-11-7-8-17(2)14-19)24(28-22)20-12-13-25-21(15-20)26-16-18-9-5-4-6-10-18;;;;/h7-8,11-15,18H,3-6,9-10,16H2,1-2H3,(H,25,26);;3*1H/q;+3;;;/p-3. The molecule has 1 aromatic carbocycles. The number of halogens is 3. The van der Waals surface area contributed by atoms with E-state index in [1.54, 1.807) is 11.3 Å². The Morgan fingerprint density at radius 1 is 1.06 bits per heavy atom. The second-order valence-corrected chi connectivity index (χ2v) is 15.6. The van der Waals surface area contributed by atoms with E-state index >= 15 is 0 Å². The minimum Gasteiger partial charge on any atom is -0.370 e. The lowest BCUT2D eigenvalue weighted by atomic mass is 9.89. The number of nitrogens with one attached hydrogen (secondary N) is 1. The van der Waals surface area contributed by atoms with Crippen molar-refractivity contribution < 1.29 is 0 Å². The number of aromatic nitrogens is 2. The topological polar surface area (TPSA) is 37.8 Å². The van der Waals surface area contributed by atoms with E-state index in [-0.39, 0.29) is 0 Å². The summed E-state index contributed by atoms with van der Waals surface area (Å²) in [6, 6.07) is 12.9. The average Bonchev–Trinajstić information content (AvgIpc) is 3.23. The highest BCUT2D eigenvalue weighted by Gasteiger charge is 2.16. The van der Waals surface area contributed by atoms with Crippen LogP contribution in [0.5, 0.6) is 0 Å². The van der Waals surface area contributed by atoms with Gasteiger partial charge in [0.25, 0.3) is 0 Å². The van der Waals surface area contributed by atoms with Crippen molar-refractivity contribution in [2.75, 3.05) is 11.9 Å². The van der Waals surface area contributed by atoms with Gasteiger partial charge in [0.1, 0.15) is 5.82 Å². The van der Waals surface area contributed by atoms with Crippen molar-refractivity contribution in [2.45, 2.75) is 52.4 Å². The van der Waals surface area contributed by atoms with Gasteiger partial charge in [0.2, 0.25) is 0 Å². The Bertz CT molecular complexity index is 987. The lowest BCUT2D eigenvalue weighted by Gasteiger charge is -2.22. The average molecular weight is 525 g/mol. The van der Waals surface area contributed by atoms with E-state index in [9.17, 15) is 0 Å². The Hall–Kier alpha value is -0.798. The third-order valence-corrected chi connectivity index (χ3v) is 6.83. The first-order chi connectivity index (χ1) is 15.5. The number of rotatable bonds is 6. The van der Waals surface area contributed by atoms with Crippen LogP contribution in [0.25, 0.3) is 21.7 Å². The molecule has 4 rings (SSSR count). The predicted molar refractivity (Wildman–Crippen MR) is 143 cm³/mol. The maximum atomic E-state index is 4.94. The van der Waals surface area contributed by atoms with Crippen molar-refractivity contribution in [3.8, 4) is 21.7 Å². The molecule has 0 saturated heterocycles.